The highest BCUT2D eigenvalue weighted by Gasteiger charge is 2.07. The maximum Gasteiger partial charge on any atom is 0.257 e. The summed E-state index contributed by atoms with van der Waals surface area (Å²) in [5.74, 6) is -0.189. The van der Waals surface area contributed by atoms with E-state index in [1.807, 2.05) is 30.3 Å². The Hall–Kier alpha value is -2.75. The third-order valence-electron chi connectivity index (χ3n) is 2.77. The van der Waals surface area contributed by atoms with Crippen LogP contribution < -0.4 is 5.32 Å². The predicted octanol–water partition coefficient (Wildman–Crippen LogP) is 2.88. The van der Waals surface area contributed by atoms with E-state index in [1.165, 1.54) is 0 Å². The number of aromatic nitrogens is 2. The molecule has 0 atom stereocenters. The molecule has 0 radical (unpaired) electrons. The van der Waals surface area contributed by atoms with Crippen LogP contribution in [0.3, 0.4) is 0 Å². The topological polar surface area (TPSA) is 54.9 Å². The number of nitrogens with one attached hydrogen (secondary N) is 1. The van der Waals surface area contributed by atoms with Crippen LogP contribution >= 0.6 is 0 Å². The Bertz CT molecular complexity index is 726. The molecule has 19 heavy (non-hydrogen) atoms. The molecule has 0 fully saturated rings. The van der Waals surface area contributed by atoms with Crippen LogP contribution in [0.15, 0.2) is 61.1 Å². The van der Waals surface area contributed by atoms with Gasteiger partial charge in [-0.15, -0.1) is 0 Å². The average Bonchev–Trinajstić information content (AvgIpc) is 2.48. The summed E-state index contributed by atoms with van der Waals surface area (Å²) in [4.78, 5) is 20.3. The van der Waals surface area contributed by atoms with Gasteiger partial charge in [0.05, 0.1) is 23.0 Å². The summed E-state index contributed by atoms with van der Waals surface area (Å²) in [6, 6.07) is 13.1. The zero-order valence-electron chi connectivity index (χ0n) is 10.1. The molecule has 1 N–H and O–H groups in total. The van der Waals surface area contributed by atoms with Crippen molar-refractivity contribution in [3.8, 4) is 0 Å². The third kappa shape index (κ3) is 2.42. The van der Waals surface area contributed by atoms with Gasteiger partial charge < -0.3 is 5.32 Å². The van der Waals surface area contributed by atoms with Gasteiger partial charge in [-0.05, 0) is 24.3 Å². The van der Waals surface area contributed by atoms with Gasteiger partial charge in [0.15, 0.2) is 0 Å². The van der Waals surface area contributed by atoms with E-state index in [0.29, 0.717) is 11.3 Å². The number of pyridine rings is 2. The van der Waals surface area contributed by atoms with E-state index < -0.39 is 0 Å². The summed E-state index contributed by atoms with van der Waals surface area (Å²) in [5, 5.41) is 3.73. The molecule has 3 rings (SSSR count). The van der Waals surface area contributed by atoms with E-state index in [4.69, 9.17) is 0 Å². The number of nitrogens with zero attached hydrogens (tertiary/aromatic N) is 2. The fraction of sp³-hybridized carbons (Fsp3) is 0. The Morgan fingerprint density at radius 1 is 1.05 bits per heavy atom. The minimum Gasteiger partial charge on any atom is -0.321 e. The SMILES string of the molecule is O=C(Nc1cccnc1)c1cnc2ccccc2c1. The minimum atomic E-state index is -0.189. The second-order valence-corrected chi connectivity index (χ2v) is 4.11. The molecule has 0 aliphatic carbocycles. The molecule has 0 saturated heterocycles. The van der Waals surface area contributed by atoms with Crippen LogP contribution in [0.4, 0.5) is 5.69 Å². The van der Waals surface area contributed by atoms with Gasteiger partial charge in [-0.3, -0.25) is 14.8 Å². The van der Waals surface area contributed by atoms with Crippen molar-refractivity contribution in [2.75, 3.05) is 5.32 Å². The van der Waals surface area contributed by atoms with Gasteiger partial charge in [-0.1, -0.05) is 18.2 Å². The number of carbonyl (C=O) groups is 1. The minimum absolute atomic E-state index is 0.189. The normalized spacial score (nSPS) is 10.3. The van der Waals surface area contributed by atoms with E-state index >= 15 is 0 Å². The first-order valence-corrected chi connectivity index (χ1v) is 5.89. The van der Waals surface area contributed by atoms with Gasteiger partial charge in [0, 0.05) is 17.8 Å². The first-order valence-electron chi connectivity index (χ1n) is 5.89. The van der Waals surface area contributed by atoms with Crippen molar-refractivity contribution in [1.29, 1.82) is 0 Å². The Balaban J connectivity index is 1.89. The first-order chi connectivity index (χ1) is 9.33. The molecule has 2 heterocycles. The lowest BCUT2D eigenvalue weighted by Gasteiger charge is -2.05. The molecule has 1 aromatic carbocycles. The number of rotatable bonds is 2. The van der Waals surface area contributed by atoms with Gasteiger partial charge in [-0.2, -0.15) is 0 Å². The lowest BCUT2D eigenvalue weighted by molar-refractivity contribution is 0.102. The molecule has 0 aliphatic rings. The highest BCUT2D eigenvalue weighted by atomic mass is 16.1. The molecular weight excluding hydrogens is 238 g/mol. The third-order valence-corrected chi connectivity index (χ3v) is 2.77. The van der Waals surface area contributed by atoms with Crippen LogP contribution in [-0.2, 0) is 0 Å². The van der Waals surface area contributed by atoms with Crippen molar-refractivity contribution >= 4 is 22.5 Å². The summed E-state index contributed by atoms with van der Waals surface area (Å²) < 4.78 is 0. The van der Waals surface area contributed by atoms with Crippen LogP contribution in [0.25, 0.3) is 10.9 Å². The van der Waals surface area contributed by atoms with Gasteiger partial charge in [0.1, 0.15) is 0 Å². The van der Waals surface area contributed by atoms with E-state index in [1.54, 1.807) is 30.7 Å². The Morgan fingerprint density at radius 3 is 2.79 bits per heavy atom. The molecular formula is C15H11N3O. The number of anilines is 1. The van der Waals surface area contributed by atoms with Crippen LogP contribution in [0.2, 0.25) is 0 Å². The monoisotopic (exact) mass is 249 g/mol. The largest absolute Gasteiger partial charge is 0.321 e. The molecule has 0 unspecified atom stereocenters. The maximum absolute atomic E-state index is 12.1. The number of fused-ring (bicyclic) bond motifs is 1. The molecule has 1 amide bonds. The van der Waals surface area contributed by atoms with Crippen LogP contribution in [-0.4, -0.2) is 15.9 Å². The van der Waals surface area contributed by atoms with E-state index in [0.717, 1.165) is 10.9 Å². The second-order valence-electron chi connectivity index (χ2n) is 4.11. The van der Waals surface area contributed by atoms with Crippen LogP contribution in [0, 0.1) is 0 Å². The summed E-state index contributed by atoms with van der Waals surface area (Å²) in [6.45, 7) is 0. The number of carbonyl (C=O) groups excluding carboxylic acids is 1. The summed E-state index contributed by atoms with van der Waals surface area (Å²) in [6.07, 6.45) is 4.84. The van der Waals surface area contributed by atoms with Crippen LogP contribution in [0.5, 0.6) is 0 Å². The van der Waals surface area contributed by atoms with Crippen molar-refractivity contribution in [1.82, 2.24) is 9.97 Å². The predicted molar refractivity (Wildman–Crippen MR) is 73.9 cm³/mol. The molecule has 2 aromatic heterocycles. The molecule has 0 saturated carbocycles. The van der Waals surface area contributed by atoms with Crippen molar-refractivity contribution < 1.29 is 4.79 Å². The lowest BCUT2D eigenvalue weighted by atomic mass is 10.1. The van der Waals surface area contributed by atoms with E-state index in [2.05, 4.69) is 15.3 Å². The maximum atomic E-state index is 12.1. The number of para-hydroxylation sites is 1. The van der Waals surface area contributed by atoms with Crippen molar-refractivity contribution in [3.05, 3.63) is 66.6 Å². The van der Waals surface area contributed by atoms with E-state index in [-0.39, 0.29) is 5.91 Å². The smallest absolute Gasteiger partial charge is 0.257 e. The fourth-order valence-electron chi connectivity index (χ4n) is 1.84. The average molecular weight is 249 g/mol. The van der Waals surface area contributed by atoms with Gasteiger partial charge >= 0.3 is 0 Å². The van der Waals surface area contributed by atoms with E-state index in [9.17, 15) is 4.79 Å². The number of hydrogen-bond acceptors (Lipinski definition) is 3. The highest BCUT2D eigenvalue weighted by Crippen LogP contribution is 2.14. The summed E-state index contributed by atoms with van der Waals surface area (Å²) >= 11 is 0. The first kappa shape index (κ1) is 11.3. The zero-order chi connectivity index (χ0) is 13.1. The molecule has 0 spiro atoms. The molecule has 3 aromatic rings. The Labute approximate surface area is 110 Å². The number of benzene rings is 1. The molecule has 4 heteroatoms. The Kier molecular flexibility index (Phi) is 2.90. The molecule has 92 valence electrons. The standard InChI is InChI=1S/C15H11N3O/c19-15(18-13-5-3-7-16-10-13)12-8-11-4-1-2-6-14(11)17-9-12/h1-10H,(H,18,19). The number of amides is 1. The van der Waals surface area contributed by atoms with Crippen molar-refractivity contribution in [2.24, 2.45) is 0 Å². The van der Waals surface area contributed by atoms with Gasteiger partial charge in [0.25, 0.3) is 5.91 Å². The van der Waals surface area contributed by atoms with Crippen molar-refractivity contribution in [3.63, 3.8) is 0 Å². The van der Waals surface area contributed by atoms with Gasteiger partial charge in [0.2, 0.25) is 0 Å². The zero-order valence-corrected chi connectivity index (χ0v) is 10.1. The Morgan fingerprint density at radius 2 is 1.95 bits per heavy atom. The molecule has 0 aliphatic heterocycles. The molecule has 0 bridgehead atoms. The second kappa shape index (κ2) is 4.86. The highest BCUT2D eigenvalue weighted by molar-refractivity contribution is 6.05. The summed E-state index contributed by atoms with van der Waals surface area (Å²) in [5.41, 5.74) is 2.07. The summed E-state index contributed by atoms with van der Waals surface area (Å²) in [7, 11) is 0. The van der Waals surface area contributed by atoms with Gasteiger partial charge in [-0.25, -0.2) is 0 Å². The fourth-order valence-corrected chi connectivity index (χ4v) is 1.84. The van der Waals surface area contributed by atoms with Crippen LogP contribution in [0.1, 0.15) is 10.4 Å². The lowest BCUT2D eigenvalue weighted by Crippen LogP contribution is -2.12. The quantitative estimate of drug-likeness (QED) is 0.759. The molecule has 4 nitrogen and oxygen atoms in total. The van der Waals surface area contributed by atoms with Crippen molar-refractivity contribution in [2.45, 2.75) is 0 Å². The number of hydrogen-bond donors (Lipinski definition) is 1.